The Labute approximate surface area is 136 Å². The second kappa shape index (κ2) is 5.88. The largest absolute Gasteiger partial charge is 0.375 e. The molecule has 116 valence electrons. The lowest BCUT2D eigenvalue weighted by molar-refractivity contribution is -0.0146. The maximum Gasteiger partial charge on any atom is 0.0717 e. The second-order valence-electron chi connectivity index (χ2n) is 6.40. The van der Waals surface area contributed by atoms with Crippen LogP contribution in [0.2, 0.25) is 0 Å². The number of hydrogen-bond donors (Lipinski definition) is 0. The molecule has 3 heterocycles. The molecule has 1 aromatic rings. The normalized spacial score (nSPS) is 21.2. The first-order chi connectivity index (χ1) is 10.1. The van der Waals surface area contributed by atoms with Gasteiger partial charge in [0.1, 0.15) is 0 Å². The molecule has 2 aliphatic rings. The van der Waals surface area contributed by atoms with Gasteiger partial charge in [-0.15, -0.1) is 0 Å². The first-order valence-electron chi connectivity index (χ1n) is 8.11. The molecule has 4 heteroatoms. The lowest BCUT2D eigenvalue weighted by Gasteiger charge is -2.41. The average Bonchev–Trinajstić information content (AvgIpc) is 2.92. The Hall–Kier alpha value is -0.610. The van der Waals surface area contributed by atoms with Crippen molar-refractivity contribution in [2.75, 3.05) is 24.6 Å². The van der Waals surface area contributed by atoms with E-state index < -0.39 is 0 Å². The third-order valence-electron chi connectivity index (χ3n) is 5.11. The molecule has 1 aromatic heterocycles. The van der Waals surface area contributed by atoms with Crippen molar-refractivity contribution in [1.29, 1.82) is 0 Å². The van der Waals surface area contributed by atoms with Gasteiger partial charge >= 0.3 is 0 Å². The van der Waals surface area contributed by atoms with E-state index >= 15 is 0 Å². The number of aromatic nitrogens is 1. The minimum atomic E-state index is 0.187. The van der Waals surface area contributed by atoms with Gasteiger partial charge < -0.3 is 9.64 Å². The Balaban J connectivity index is 1.88. The van der Waals surface area contributed by atoms with E-state index in [2.05, 4.69) is 46.6 Å². The zero-order valence-corrected chi connectivity index (χ0v) is 14.9. The van der Waals surface area contributed by atoms with Gasteiger partial charge in [0.15, 0.2) is 0 Å². The topological polar surface area (TPSA) is 25.4 Å². The van der Waals surface area contributed by atoms with Crippen molar-refractivity contribution in [3.8, 4) is 0 Å². The smallest absolute Gasteiger partial charge is 0.0717 e. The monoisotopic (exact) mass is 352 g/mol. The van der Waals surface area contributed by atoms with Gasteiger partial charge in [-0.3, -0.25) is 4.98 Å². The molecule has 2 saturated heterocycles. The SMILES string of the molecule is CCc1c(C)nc(C)c(Br)c1N1CCC2(CCCO2)CC1. The maximum atomic E-state index is 6.05. The van der Waals surface area contributed by atoms with Crippen LogP contribution in [-0.2, 0) is 11.2 Å². The fourth-order valence-corrected chi connectivity index (χ4v) is 4.46. The predicted molar refractivity (Wildman–Crippen MR) is 90.2 cm³/mol. The number of anilines is 1. The molecule has 0 aromatic carbocycles. The van der Waals surface area contributed by atoms with Crippen molar-refractivity contribution in [2.45, 2.75) is 58.5 Å². The van der Waals surface area contributed by atoms with Crippen LogP contribution in [0.15, 0.2) is 4.47 Å². The minimum Gasteiger partial charge on any atom is -0.375 e. The van der Waals surface area contributed by atoms with E-state index in [0.717, 1.165) is 44.7 Å². The highest BCUT2D eigenvalue weighted by molar-refractivity contribution is 9.10. The number of piperidine rings is 1. The standard InChI is InChI=1S/C17H25BrN2O/c1-4-14-12(2)19-13(3)15(18)16(14)20-9-7-17(8-10-20)6-5-11-21-17/h4-11H2,1-3H3. The van der Waals surface area contributed by atoms with E-state index in [-0.39, 0.29) is 5.60 Å². The van der Waals surface area contributed by atoms with Crippen LogP contribution in [0.5, 0.6) is 0 Å². The summed E-state index contributed by atoms with van der Waals surface area (Å²) < 4.78 is 7.22. The van der Waals surface area contributed by atoms with Crippen molar-refractivity contribution in [2.24, 2.45) is 0 Å². The second-order valence-corrected chi connectivity index (χ2v) is 7.19. The zero-order valence-electron chi connectivity index (χ0n) is 13.3. The summed E-state index contributed by atoms with van der Waals surface area (Å²) in [6.07, 6.45) is 5.83. The molecule has 0 unspecified atom stereocenters. The molecule has 3 nitrogen and oxygen atoms in total. The molecule has 0 atom stereocenters. The molecule has 3 rings (SSSR count). The number of halogens is 1. The van der Waals surface area contributed by atoms with Crippen LogP contribution in [-0.4, -0.2) is 30.3 Å². The van der Waals surface area contributed by atoms with Crippen molar-refractivity contribution in [3.63, 3.8) is 0 Å². The highest BCUT2D eigenvalue weighted by Crippen LogP contribution is 2.40. The number of hydrogen-bond acceptors (Lipinski definition) is 3. The summed E-state index contributed by atoms with van der Waals surface area (Å²) in [5.41, 5.74) is 5.21. The minimum absolute atomic E-state index is 0.187. The molecule has 2 fully saturated rings. The quantitative estimate of drug-likeness (QED) is 0.798. The van der Waals surface area contributed by atoms with E-state index in [1.54, 1.807) is 0 Å². The highest BCUT2D eigenvalue weighted by atomic mass is 79.9. The Morgan fingerprint density at radius 2 is 1.90 bits per heavy atom. The molecule has 0 saturated carbocycles. The Bertz CT molecular complexity index is 528. The summed E-state index contributed by atoms with van der Waals surface area (Å²) >= 11 is 3.78. The first-order valence-corrected chi connectivity index (χ1v) is 8.90. The van der Waals surface area contributed by atoms with Gasteiger partial charge in [0.2, 0.25) is 0 Å². The first kappa shape index (κ1) is 15.3. The fourth-order valence-electron chi connectivity index (χ4n) is 3.88. The molecular weight excluding hydrogens is 328 g/mol. The molecule has 21 heavy (non-hydrogen) atoms. The summed E-state index contributed by atoms with van der Waals surface area (Å²) in [6.45, 7) is 9.58. The van der Waals surface area contributed by atoms with Gasteiger partial charge in [-0.1, -0.05) is 6.92 Å². The van der Waals surface area contributed by atoms with Gasteiger partial charge in [0.25, 0.3) is 0 Å². The van der Waals surface area contributed by atoms with E-state index in [1.807, 2.05) is 0 Å². The summed E-state index contributed by atoms with van der Waals surface area (Å²) in [4.78, 5) is 7.21. The van der Waals surface area contributed by atoms with E-state index in [0.29, 0.717) is 0 Å². The predicted octanol–water partition coefficient (Wildman–Crippen LogP) is 4.17. The number of pyridine rings is 1. The van der Waals surface area contributed by atoms with Crippen molar-refractivity contribution >= 4 is 21.6 Å². The number of ether oxygens (including phenoxy) is 1. The van der Waals surface area contributed by atoms with Crippen LogP contribution < -0.4 is 4.90 Å². The van der Waals surface area contributed by atoms with Crippen LogP contribution in [0.1, 0.15) is 49.6 Å². The van der Waals surface area contributed by atoms with Crippen LogP contribution >= 0.6 is 15.9 Å². The Kier molecular flexibility index (Phi) is 4.28. The van der Waals surface area contributed by atoms with Gasteiger partial charge in [-0.05, 0) is 67.4 Å². The van der Waals surface area contributed by atoms with Crippen molar-refractivity contribution in [3.05, 3.63) is 21.4 Å². The lowest BCUT2D eigenvalue weighted by atomic mass is 9.88. The maximum absolute atomic E-state index is 6.05. The number of aryl methyl sites for hydroxylation is 2. The van der Waals surface area contributed by atoms with Crippen LogP contribution in [0.25, 0.3) is 0 Å². The lowest BCUT2D eigenvalue weighted by Crippen LogP contribution is -2.44. The van der Waals surface area contributed by atoms with Crippen LogP contribution in [0, 0.1) is 13.8 Å². The van der Waals surface area contributed by atoms with Gasteiger partial charge in [-0.25, -0.2) is 0 Å². The van der Waals surface area contributed by atoms with E-state index in [4.69, 9.17) is 4.74 Å². The third kappa shape index (κ3) is 2.72. The molecule has 0 N–H and O–H groups in total. The van der Waals surface area contributed by atoms with Crippen LogP contribution in [0.3, 0.4) is 0 Å². The third-order valence-corrected chi connectivity index (χ3v) is 6.06. The molecular formula is C17H25BrN2O. The van der Waals surface area contributed by atoms with E-state index in [1.165, 1.54) is 34.3 Å². The Morgan fingerprint density at radius 1 is 1.19 bits per heavy atom. The number of rotatable bonds is 2. The zero-order chi connectivity index (χ0) is 15.0. The summed E-state index contributed by atoms with van der Waals surface area (Å²) in [6, 6.07) is 0. The molecule has 0 radical (unpaired) electrons. The Morgan fingerprint density at radius 3 is 2.48 bits per heavy atom. The highest BCUT2D eigenvalue weighted by Gasteiger charge is 2.39. The van der Waals surface area contributed by atoms with E-state index in [9.17, 15) is 0 Å². The van der Waals surface area contributed by atoms with Crippen LogP contribution in [0.4, 0.5) is 5.69 Å². The van der Waals surface area contributed by atoms with Gasteiger partial charge in [0, 0.05) is 25.4 Å². The summed E-state index contributed by atoms with van der Waals surface area (Å²) in [5, 5.41) is 0. The number of nitrogens with zero attached hydrogens (tertiary/aromatic N) is 2. The molecule has 0 aliphatic carbocycles. The summed E-state index contributed by atoms with van der Waals surface area (Å²) in [7, 11) is 0. The fraction of sp³-hybridized carbons (Fsp3) is 0.706. The van der Waals surface area contributed by atoms with Gasteiger partial charge in [-0.2, -0.15) is 0 Å². The van der Waals surface area contributed by atoms with Crippen molar-refractivity contribution in [1.82, 2.24) is 4.98 Å². The van der Waals surface area contributed by atoms with Gasteiger partial charge in [0.05, 0.1) is 21.5 Å². The van der Waals surface area contributed by atoms with Crippen molar-refractivity contribution < 1.29 is 4.74 Å². The molecule has 0 amide bonds. The summed E-state index contributed by atoms with van der Waals surface area (Å²) in [5.74, 6) is 0. The molecule has 2 aliphatic heterocycles. The molecule has 0 bridgehead atoms. The average molecular weight is 353 g/mol. The molecule has 1 spiro atoms.